The molecule has 11 heteroatoms. The van der Waals surface area contributed by atoms with E-state index >= 15 is 0 Å². The Bertz CT molecular complexity index is 1160. The van der Waals surface area contributed by atoms with Crippen molar-refractivity contribution < 1.29 is 57.1 Å². The summed E-state index contributed by atoms with van der Waals surface area (Å²) in [6.45, 7) is 10.6. The van der Waals surface area contributed by atoms with Crippen LogP contribution in [0.25, 0.3) is 11.3 Å². The van der Waals surface area contributed by atoms with E-state index in [9.17, 15) is 14.4 Å². The van der Waals surface area contributed by atoms with Crippen LogP contribution in [0.5, 0.6) is 0 Å². The van der Waals surface area contributed by atoms with E-state index in [1.54, 1.807) is 0 Å². The number of aromatic nitrogens is 2. The number of nitrogens with zero attached hydrogens (tertiary/aromatic N) is 2. The number of nitrogens with one attached hydrogen (secondary N) is 2. The summed E-state index contributed by atoms with van der Waals surface area (Å²) in [6, 6.07) is 3.78. The van der Waals surface area contributed by atoms with Crippen LogP contribution in [0.2, 0.25) is 0 Å². The minimum atomic E-state index is -0.509. The molecule has 0 saturated heterocycles. The molecule has 0 radical (unpaired) electrons. The SMILES string of the molecule is CCCCCCC(=O)OC[n+]1cccc(-c2c(COC(=O)NC(C)C)c(COC(=O)NC(C)C)c3n2CCC3)c1.[I-]. The first kappa shape index (κ1) is 34.4. The lowest BCUT2D eigenvalue weighted by Crippen LogP contribution is -3.00. The molecule has 3 rings (SSSR count). The minimum Gasteiger partial charge on any atom is -1.00 e. The average Bonchev–Trinajstić information content (AvgIpc) is 3.47. The van der Waals surface area contributed by atoms with E-state index in [4.69, 9.17) is 14.2 Å². The molecule has 0 fully saturated rings. The average molecular weight is 685 g/mol. The maximum atomic E-state index is 12.4. The molecular weight excluding hydrogens is 639 g/mol. The summed E-state index contributed by atoms with van der Waals surface area (Å²) in [5.41, 5.74) is 4.54. The fraction of sp³-hybridized carbons (Fsp3) is 0.600. The second-order valence-corrected chi connectivity index (χ2v) is 10.8. The van der Waals surface area contributed by atoms with Crippen LogP contribution in [0, 0.1) is 0 Å². The zero-order valence-electron chi connectivity index (χ0n) is 25.0. The number of hydrogen-bond acceptors (Lipinski definition) is 6. The van der Waals surface area contributed by atoms with Crippen molar-refractivity contribution in [3.63, 3.8) is 0 Å². The highest BCUT2D eigenvalue weighted by atomic mass is 127. The van der Waals surface area contributed by atoms with Crippen molar-refractivity contribution in [2.24, 2.45) is 0 Å². The number of esters is 1. The Hall–Kier alpha value is -2.83. The van der Waals surface area contributed by atoms with Gasteiger partial charge >= 0.3 is 18.2 Å². The summed E-state index contributed by atoms with van der Waals surface area (Å²) < 4.78 is 20.8. The number of unbranched alkanes of at least 4 members (excludes halogenated alkanes) is 3. The predicted octanol–water partition coefficient (Wildman–Crippen LogP) is 2.13. The van der Waals surface area contributed by atoms with Crippen molar-refractivity contribution >= 4 is 18.2 Å². The molecule has 3 heterocycles. The molecule has 0 spiro atoms. The molecule has 2 N–H and O–H groups in total. The summed E-state index contributed by atoms with van der Waals surface area (Å²) >= 11 is 0. The van der Waals surface area contributed by atoms with Gasteiger partial charge in [0.05, 0.1) is 11.3 Å². The number of pyridine rings is 1. The minimum absolute atomic E-state index is 0. The second-order valence-electron chi connectivity index (χ2n) is 10.8. The highest BCUT2D eigenvalue weighted by Gasteiger charge is 2.29. The van der Waals surface area contributed by atoms with Gasteiger partial charge in [-0.15, -0.1) is 0 Å². The molecular formula is C30H45IN4O6. The van der Waals surface area contributed by atoms with E-state index in [2.05, 4.69) is 22.1 Å². The molecule has 10 nitrogen and oxygen atoms in total. The van der Waals surface area contributed by atoms with Gasteiger partial charge in [-0.1, -0.05) is 26.2 Å². The van der Waals surface area contributed by atoms with Crippen molar-refractivity contribution in [1.82, 2.24) is 15.2 Å². The largest absolute Gasteiger partial charge is 1.00 e. The molecule has 0 bridgehead atoms. The number of carbonyl (C=O) groups is 3. The van der Waals surface area contributed by atoms with Crippen LogP contribution in [-0.4, -0.2) is 34.8 Å². The number of rotatable bonds is 14. The van der Waals surface area contributed by atoms with Crippen molar-refractivity contribution in [2.45, 2.75) is 118 Å². The van der Waals surface area contributed by atoms with Gasteiger partial charge in [-0.25, -0.2) is 9.59 Å². The molecule has 2 aromatic rings. The predicted molar refractivity (Wildman–Crippen MR) is 150 cm³/mol. The lowest BCUT2D eigenvalue weighted by Gasteiger charge is -2.14. The molecule has 0 atom stereocenters. The number of ether oxygens (including phenoxy) is 3. The zero-order valence-corrected chi connectivity index (χ0v) is 27.1. The third kappa shape index (κ3) is 10.5. The van der Waals surface area contributed by atoms with Crippen LogP contribution in [0.1, 0.15) is 90.0 Å². The van der Waals surface area contributed by atoms with Crippen LogP contribution in [0.15, 0.2) is 24.5 Å². The summed E-state index contributed by atoms with van der Waals surface area (Å²) in [5, 5.41) is 5.51. The Morgan fingerprint density at radius 1 is 0.951 bits per heavy atom. The molecule has 41 heavy (non-hydrogen) atoms. The topological polar surface area (TPSA) is 112 Å². The second kappa shape index (κ2) is 17.2. The quantitative estimate of drug-likeness (QED) is 0.104. The van der Waals surface area contributed by atoms with Gasteiger partial charge in [0.15, 0.2) is 12.4 Å². The highest BCUT2D eigenvalue weighted by Crippen LogP contribution is 2.36. The Labute approximate surface area is 260 Å². The molecule has 228 valence electrons. The number of halogens is 1. The normalized spacial score (nSPS) is 12.1. The summed E-state index contributed by atoms with van der Waals surface area (Å²) in [4.78, 5) is 36.9. The molecule has 0 aliphatic carbocycles. The van der Waals surface area contributed by atoms with Gasteiger partial charge in [-0.2, -0.15) is 4.57 Å². The Kier molecular flexibility index (Phi) is 14.4. The number of alkyl carbamates (subject to hydrolysis) is 2. The first-order valence-electron chi connectivity index (χ1n) is 14.4. The van der Waals surface area contributed by atoms with Gasteiger partial charge in [0.25, 0.3) is 6.73 Å². The Morgan fingerprint density at radius 3 is 2.24 bits per heavy atom. The van der Waals surface area contributed by atoms with E-state index in [1.807, 2.05) is 56.8 Å². The van der Waals surface area contributed by atoms with E-state index in [0.717, 1.165) is 73.1 Å². The van der Waals surface area contributed by atoms with E-state index < -0.39 is 12.2 Å². The molecule has 2 aromatic heterocycles. The molecule has 0 aromatic carbocycles. The first-order chi connectivity index (χ1) is 19.2. The van der Waals surface area contributed by atoms with Crippen molar-refractivity contribution in [1.29, 1.82) is 0 Å². The van der Waals surface area contributed by atoms with Crippen molar-refractivity contribution in [2.75, 3.05) is 0 Å². The van der Waals surface area contributed by atoms with Gasteiger partial charge in [0, 0.05) is 47.9 Å². The highest BCUT2D eigenvalue weighted by molar-refractivity contribution is 5.71. The first-order valence-corrected chi connectivity index (χ1v) is 14.4. The molecule has 2 amide bonds. The molecule has 0 saturated carbocycles. The third-order valence-electron chi connectivity index (χ3n) is 6.64. The van der Waals surface area contributed by atoms with Crippen LogP contribution in [-0.2, 0) is 51.9 Å². The van der Waals surface area contributed by atoms with Crippen LogP contribution >= 0.6 is 0 Å². The Balaban J connectivity index is 0.00000588. The zero-order chi connectivity index (χ0) is 29.1. The fourth-order valence-corrected chi connectivity index (χ4v) is 4.86. The smallest absolute Gasteiger partial charge is 0.407 e. The van der Waals surface area contributed by atoms with Gasteiger partial charge in [0.1, 0.15) is 13.2 Å². The molecule has 1 aliphatic heterocycles. The maximum absolute atomic E-state index is 12.4. The summed E-state index contributed by atoms with van der Waals surface area (Å²) in [6.07, 6.45) is 9.09. The third-order valence-corrected chi connectivity index (χ3v) is 6.64. The number of amides is 2. The van der Waals surface area contributed by atoms with E-state index in [-0.39, 0.29) is 62.0 Å². The van der Waals surface area contributed by atoms with Crippen molar-refractivity contribution in [3.8, 4) is 11.3 Å². The summed E-state index contributed by atoms with van der Waals surface area (Å²) in [5.74, 6) is -0.207. The number of fused-ring (bicyclic) bond motifs is 1. The lowest BCUT2D eigenvalue weighted by molar-refractivity contribution is -0.727. The van der Waals surface area contributed by atoms with Gasteiger partial charge in [-0.05, 0) is 53.0 Å². The van der Waals surface area contributed by atoms with Gasteiger partial charge < -0.3 is 53.4 Å². The monoisotopic (exact) mass is 684 g/mol. The van der Waals surface area contributed by atoms with E-state index in [1.165, 1.54) is 0 Å². The summed E-state index contributed by atoms with van der Waals surface area (Å²) in [7, 11) is 0. The van der Waals surface area contributed by atoms with Crippen LogP contribution in [0.4, 0.5) is 9.59 Å². The molecule has 1 aliphatic rings. The standard InChI is InChI=1S/C30H44N4O6.HI/c1-6-7-8-9-14-27(35)40-20-33-15-10-12-23(17-33)28-25(19-39-30(37)32-22(4)5)24(26-13-11-16-34(26)28)18-38-29(36)31-21(2)3;/h10,12,15,17,21-22H,6-9,11,13-14,16,18-20H2,1-5H3,(H-,31,32,36,37);1H. The van der Waals surface area contributed by atoms with Crippen LogP contribution < -0.4 is 39.2 Å². The fourth-order valence-electron chi connectivity index (χ4n) is 4.86. The van der Waals surface area contributed by atoms with E-state index in [0.29, 0.717) is 6.42 Å². The molecule has 0 unspecified atom stereocenters. The maximum Gasteiger partial charge on any atom is 0.407 e. The van der Waals surface area contributed by atoms with Crippen molar-refractivity contribution in [3.05, 3.63) is 41.3 Å². The number of carbonyl (C=O) groups excluding carboxylic acids is 3. The van der Waals surface area contributed by atoms with Gasteiger partial charge in [-0.3, -0.25) is 4.79 Å². The lowest BCUT2D eigenvalue weighted by atomic mass is 10.0. The number of hydrogen-bond donors (Lipinski definition) is 2. The van der Waals surface area contributed by atoms with Gasteiger partial charge in [0.2, 0.25) is 0 Å². The van der Waals surface area contributed by atoms with Crippen LogP contribution in [0.3, 0.4) is 0 Å². The Morgan fingerprint density at radius 2 is 1.61 bits per heavy atom.